The van der Waals surface area contributed by atoms with E-state index in [1.165, 1.54) is 0 Å². The van der Waals surface area contributed by atoms with Gasteiger partial charge < -0.3 is 20.0 Å². The van der Waals surface area contributed by atoms with Crippen LogP contribution in [0.5, 0.6) is 0 Å². The predicted octanol–water partition coefficient (Wildman–Crippen LogP) is 0.787. The number of hydrogen-bond acceptors (Lipinski definition) is 5. The molecule has 0 spiro atoms. The normalized spacial score (nSPS) is 13.9. The van der Waals surface area contributed by atoms with Crippen LogP contribution >= 0.6 is 0 Å². The SMILES string of the molecule is CCCCOC(=O)[C@H](CC(=O)[O-])NC(=O)C(F)(F)C(F)(F)C(F)(F)F. The van der Waals surface area contributed by atoms with Gasteiger partial charge in [-0.3, -0.25) is 4.79 Å². The molecule has 0 aromatic rings. The van der Waals surface area contributed by atoms with E-state index in [1.54, 1.807) is 6.92 Å². The number of carbonyl (C=O) groups is 3. The molecule has 1 N–H and O–H groups in total. The lowest BCUT2D eigenvalue weighted by atomic mass is 10.1. The quantitative estimate of drug-likeness (QED) is 0.360. The maximum Gasteiger partial charge on any atom is 0.460 e. The van der Waals surface area contributed by atoms with E-state index in [1.807, 2.05) is 0 Å². The number of aliphatic carboxylic acids is 1. The molecular formula is C12H13F7NO5-. The summed E-state index contributed by atoms with van der Waals surface area (Å²) in [5.74, 6) is -19.9. The fourth-order valence-corrected chi connectivity index (χ4v) is 1.35. The van der Waals surface area contributed by atoms with Crippen LogP contribution < -0.4 is 10.4 Å². The smallest absolute Gasteiger partial charge is 0.460 e. The third-order valence-electron chi connectivity index (χ3n) is 2.74. The average molecular weight is 384 g/mol. The second-order valence-electron chi connectivity index (χ2n) is 4.77. The zero-order valence-electron chi connectivity index (χ0n) is 12.6. The van der Waals surface area contributed by atoms with Crippen LogP contribution in [0.2, 0.25) is 0 Å². The molecule has 1 atom stereocenters. The number of nitrogens with one attached hydrogen (secondary N) is 1. The molecule has 6 nitrogen and oxygen atoms in total. The first-order valence-corrected chi connectivity index (χ1v) is 6.68. The van der Waals surface area contributed by atoms with Gasteiger partial charge in [-0.1, -0.05) is 13.3 Å². The summed E-state index contributed by atoms with van der Waals surface area (Å²) >= 11 is 0. The lowest BCUT2D eigenvalue weighted by molar-refractivity contribution is -0.344. The van der Waals surface area contributed by atoms with Crippen molar-refractivity contribution in [1.82, 2.24) is 5.32 Å². The summed E-state index contributed by atoms with van der Waals surface area (Å²) in [6.07, 6.45) is -7.47. The van der Waals surface area contributed by atoms with Gasteiger partial charge in [-0.05, 0) is 6.42 Å². The number of amides is 1. The van der Waals surface area contributed by atoms with Crippen LogP contribution in [0.4, 0.5) is 30.7 Å². The van der Waals surface area contributed by atoms with Gasteiger partial charge in [-0.15, -0.1) is 0 Å². The Labute approximate surface area is 136 Å². The Morgan fingerprint density at radius 1 is 1.08 bits per heavy atom. The molecule has 0 aliphatic carbocycles. The maximum absolute atomic E-state index is 13.2. The number of carboxylic acids is 1. The van der Waals surface area contributed by atoms with Gasteiger partial charge in [0.15, 0.2) is 0 Å². The molecule has 0 aromatic heterocycles. The highest BCUT2D eigenvalue weighted by atomic mass is 19.4. The Morgan fingerprint density at radius 3 is 2.00 bits per heavy atom. The van der Waals surface area contributed by atoms with Gasteiger partial charge in [0.05, 0.1) is 6.61 Å². The van der Waals surface area contributed by atoms with E-state index in [0.717, 1.165) is 5.32 Å². The summed E-state index contributed by atoms with van der Waals surface area (Å²) in [5, 5.41) is 11.3. The van der Waals surface area contributed by atoms with Crippen LogP contribution in [0.15, 0.2) is 0 Å². The van der Waals surface area contributed by atoms with Crippen molar-refractivity contribution in [3.05, 3.63) is 0 Å². The number of esters is 1. The first-order chi connectivity index (χ1) is 11.2. The fourth-order valence-electron chi connectivity index (χ4n) is 1.35. The molecule has 0 saturated heterocycles. The summed E-state index contributed by atoms with van der Waals surface area (Å²) in [4.78, 5) is 33.0. The van der Waals surface area contributed by atoms with Crippen molar-refractivity contribution in [2.24, 2.45) is 0 Å². The molecule has 1 amide bonds. The van der Waals surface area contributed by atoms with Gasteiger partial charge >= 0.3 is 24.0 Å². The van der Waals surface area contributed by atoms with Gasteiger partial charge in [-0.25, -0.2) is 4.79 Å². The topological polar surface area (TPSA) is 95.5 Å². The molecule has 0 fully saturated rings. The van der Waals surface area contributed by atoms with Crippen LogP contribution in [0, 0.1) is 0 Å². The summed E-state index contributed by atoms with van der Waals surface area (Å²) in [6.45, 7) is 1.35. The molecule has 0 radical (unpaired) electrons. The van der Waals surface area contributed by atoms with Gasteiger partial charge in [-0.2, -0.15) is 30.7 Å². The zero-order valence-corrected chi connectivity index (χ0v) is 12.6. The summed E-state index contributed by atoms with van der Waals surface area (Å²) < 4.78 is 92.2. The third kappa shape index (κ3) is 5.74. The number of unbranched alkanes of at least 4 members (excludes halogenated alkanes) is 1. The van der Waals surface area contributed by atoms with E-state index in [-0.39, 0.29) is 13.0 Å². The van der Waals surface area contributed by atoms with Crippen LogP contribution in [0.25, 0.3) is 0 Å². The molecule has 25 heavy (non-hydrogen) atoms. The molecule has 0 aromatic carbocycles. The fraction of sp³-hybridized carbons (Fsp3) is 0.750. The van der Waals surface area contributed by atoms with Gasteiger partial charge in [0.2, 0.25) is 0 Å². The molecule has 146 valence electrons. The molecular weight excluding hydrogens is 371 g/mol. The molecule has 0 heterocycles. The summed E-state index contributed by atoms with van der Waals surface area (Å²) in [7, 11) is 0. The van der Waals surface area contributed by atoms with E-state index in [2.05, 4.69) is 4.74 Å². The lowest BCUT2D eigenvalue weighted by Gasteiger charge is -2.28. The highest BCUT2D eigenvalue weighted by Crippen LogP contribution is 2.46. The first-order valence-electron chi connectivity index (χ1n) is 6.68. The van der Waals surface area contributed by atoms with Crippen molar-refractivity contribution in [1.29, 1.82) is 0 Å². The van der Waals surface area contributed by atoms with Gasteiger partial charge in [0, 0.05) is 12.4 Å². The van der Waals surface area contributed by atoms with Crippen molar-refractivity contribution in [2.45, 2.75) is 50.2 Å². The van der Waals surface area contributed by atoms with Gasteiger partial charge in [0.1, 0.15) is 6.04 Å². The molecule has 0 aliphatic rings. The second-order valence-corrected chi connectivity index (χ2v) is 4.77. The minimum absolute atomic E-state index is 0.264. The molecule has 0 saturated carbocycles. The monoisotopic (exact) mass is 384 g/mol. The van der Waals surface area contributed by atoms with Crippen LogP contribution in [0.3, 0.4) is 0 Å². The predicted molar refractivity (Wildman–Crippen MR) is 63.4 cm³/mol. The van der Waals surface area contributed by atoms with E-state index in [0.29, 0.717) is 6.42 Å². The minimum atomic E-state index is -6.76. The standard InChI is InChI=1S/C12H14F7NO5/c1-2-3-4-25-8(23)6(5-7(21)22)20-9(24)10(13,14)11(15,16)12(17,18)19/h6H,2-5H2,1H3,(H,20,24)(H,21,22)/p-1/t6-/m0/s1. The third-order valence-corrected chi connectivity index (χ3v) is 2.74. The lowest BCUT2D eigenvalue weighted by Crippen LogP contribution is -2.61. The number of hydrogen-bond donors (Lipinski definition) is 1. The van der Waals surface area contributed by atoms with Crippen molar-refractivity contribution in [3.63, 3.8) is 0 Å². The Kier molecular flexibility index (Phi) is 7.64. The largest absolute Gasteiger partial charge is 0.550 e. The van der Waals surface area contributed by atoms with Crippen LogP contribution in [-0.4, -0.2) is 48.5 Å². The Hall–Kier alpha value is -2.08. The number of alkyl halides is 7. The summed E-state index contributed by atoms with van der Waals surface area (Å²) in [6, 6.07) is -2.43. The number of rotatable bonds is 9. The highest BCUT2D eigenvalue weighted by molar-refractivity contribution is 5.91. The maximum atomic E-state index is 13.2. The van der Waals surface area contributed by atoms with E-state index in [4.69, 9.17) is 0 Å². The Balaban J connectivity index is 5.31. The zero-order chi connectivity index (χ0) is 20.1. The molecule has 0 rings (SSSR count). The van der Waals surface area contributed by atoms with Gasteiger partial charge in [0.25, 0.3) is 5.91 Å². The molecule has 0 bridgehead atoms. The van der Waals surface area contributed by atoms with E-state index < -0.39 is 48.3 Å². The number of carboxylic acid groups (broad SMARTS) is 1. The number of halogens is 7. The van der Waals surface area contributed by atoms with Crippen molar-refractivity contribution < 1.29 is 55.0 Å². The number of ether oxygens (including phenoxy) is 1. The summed E-state index contributed by atoms with van der Waals surface area (Å²) in [5.41, 5.74) is 0. The molecule has 0 aliphatic heterocycles. The Bertz CT molecular complexity index is 507. The minimum Gasteiger partial charge on any atom is -0.550 e. The molecule has 0 unspecified atom stereocenters. The first kappa shape index (κ1) is 22.9. The second kappa shape index (κ2) is 8.34. The van der Waals surface area contributed by atoms with Crippen molar-refractivity contribution in [3.8, 4) is 0 Å². The molecule has 13 heteroatoms. The van der Waals surface area contributed by atoms with Crippen LogP contribution in [-0.2, 0) is 19.1 Å². The highest BCUT2D eigenvalue weighted by Gasteiger charge is 2.76. The van der Waals surface area contributed by atoms with Crippen LogP contribution in [0.1, 0.15) is 26.2 Å². The van der Waals surface area contributed by atoms with E-state index in [9.17, 15) is 50.2 Å². The Morgan fingerprint density at radius 2 is 1.60 bits per heavy atom. The average Bonchev–Trinajstić information content (AvgIpc) is 2.44. The van der Waals surface area contributed by atoms with E-state index >= 15 is 0 Å². The number of carbonyl (C=O) groups excluding carboxylic acids is 3. The van der Waals surface area contributed by atoms with Crippen molar-refractivity contribution in [2.75, 3.05) is 6.61 Å². The van der Waals surface area contributed by atoms with Crippen molar-refractivity contribution >= 4 is 17.8 Å².